The molecule has 1 heterocycles. The molecule has 1 amide bonds. The van der Waals surface area contributed by atoms with Crippen LogP contribution in [0.1, 0.15) is 37.8 Å². The highest BCUT2D eigenvalue weighted by atomic mass is 35.5. The molecule has 0 saturated carbocycles. The fourth-order valence-electron chi connectivity index (χ4n) is 3.56. The van der Waals surface area contributed by atoms with Gasteiger partial charge in [0.05, 0.1) is 6.67 Å². The predicted octanol–water partition coefficient (Wildman–Crippen LogP) is 3.97. The van der Waals surface area contributed by atoms with Crippen molar-refractivity contribution in [3.05, 3.63) is 71.8 Å². The molecule has 3 rings (SSSR count). The van der Waals surface area contributed by atoms with Crippen LogP contribution in [0, 0.1) is 0 Å². The molecule has 1 N–H and O–H groups in total. The number of amides is 1. The summed E-state index contributed by atoms with van der Waals surface area (Å²) in [5, 5.41) is 3.39. The molecule has 0 aromatic heterocycles. The molecule has 3 nitrogen and oxygen atoms in total. The number of rotatable bonds is 5. The molecule has 0 atom stereocenters. The fourth-order valence-corrected chi connectivity index (χ4v) is 3.56. The van der Waals surface area contributed by atoms with E-state index >= 15 is 0 Å². The summed E-state index contributed by atoms with van der Waals surface area (Å²) in [6, 6.07) is 21.6. The lowest BCUT2D eigenvalue weighted by Crippen LogP contribution is -2.53. The largest absolute Gasteiger partial charge is 0.329 e. The van der Waals surface area contributed by atoms with Gasteiger partial charge in [-0.05, 0) is 31.4 Å². The van der Waals surface area contributed by atoms with Gasteiger partial charge in [-0.2, -0.15) is 0 Å². The third-order valence-corrected chi connectivity index (χ3v) is 4.92. The van der Waals surface area contributed by atoms with Crippen LogP contribution in [0.15, 0.2) is 60.7 Å². The molecule has 0 radical (unpaired) electrons. The Morgan fingerprint density at radius 2 is 1.52 bits per heavy atom. The lowest BCUT2D eigenvalue weighted by Gasteiger charge is -2.44. The lowest BCUT2D eigenvalue weighted by molar-refractivity contribution is -0.135. The highest BCUT2D eigenvalue weighted by Crippen LogP contribution is 2.40. The van der Waals surface area contributed by atoms with Crippen LogP contribution in [-0.2, 0) is 10.2 Å². The lowest BCUT2D eigenvalue weighted by atomic mass is 9.69. The average molecular weight is 359 g/mol. The van der Waals surface area contributed by atoms with Gasteiger partial charge in [-0.1, -0.05) is 60.7 Å². The Bertz CT molecular complexity index is 633. The zero-order chi connectivity index (χ0) is 17.0. The van der Waals surface area contributed by atoms with Gasteiger partial charge in [0, 0.05) is 24.4 Å². The molecular weight excluding hydrogens is 332 g/mol. The zero-order valence-electron chi connectivity index (χ0n) is 14.9. The molecule has 2 aromatic rings. The molecule has 1 fully saturated rings. The first-order chi connectivity index (χ1) is 11.6. The first kappa shape index (κ1) is 19.5. The van der Waals surface area contributed by atoms with Gasteiger partial charge in [-0.15, -0.1) is 12.4 Å². The van der Waals surface area contributed by atoms with Crippen molar-refractivity contribution in [3.8, 4) is 0 Å². The van der Waals surface area contributed by atoms with E-state index in [0.717, 1.165) is 13.0 Å². The van der Waals surface area contributed by atoms with Gasteiger partial charge in [-0.25, -0.2) is 0 Å². The third kappa shape index (κ3) is 4.23. The Morgan fingerprint density at radius 3 is 2.00 bits per heavy atom. The number of piperidine rings is 1. The summed E-state index contributed by atoms with van der Waals surface area (Å²) in [4.78, 5) is 14.4. The average Bonchev–Trinajstić information content (AvgIpc) is 2.62. The van der Waals surface area contributed by atoms with E-state index in [1.165, 1.54) is 11.1 Å². The molecule has 25 heavy (non-hydrogen) atoms. The summed E-state index contributed by atoms with van der Waals surface area (Å²) in [5.74, 6) is 0.241. The number of carbonyl (C=O) groups is 1. The Labute approximate surface area is 156 Å². The summed E-state index contributed by atoms with van der Waals surface area (Å²) < 4.78 is 0. The van der Waals surface area contributed by atoms with Crippen molar-refractivity contribution in [2.24, 2.45) is 0 Å². The third-order valence-electron chi connectivity index (χ3n) is 4.92. The molecule has 134 valence electrons. The maximum absolute atomic E-state index is 12.4. The van der Waals surface area contributed by atoms with E-state index in [0.29, 0.717) is 19.1 Å². The van der Waals surface area contributed by atoms with Gasteiger partial charge >= 0.3 is 0 Å². The molecule has 0 spiro atoms. The molecule has 4 heteroatoms. The maximum atomic E-state index is 12.4. The second-order valence-corrected chi connectivity index (χ2v) is 6.92. The van der Waals surface area contributed by atoms with E-state index in [4.69, 9.17) is 0 Å². The van der Waals surface area contributed by atoms with Crippen molar-refractivity contribution >= 4 is 18.3 Å². The fraction of sp³-hybridized carbons (Fsp3) is 0.381. The first-order valence-corrected chi connectivity index (χ1v) is 8.74. The Balaban J connectivity index is 0.00000225. The first-order valence-electron chi connectivity index (χ1n) is 8.74. The molecule has 1 aliphatic heterocycles. The van der Waals surface area contributed by atoms with Gasteiger partial charge in [0.15, 0.2) is 0 Å². The highest BCUT2D eigenvalue weighted by Gasteiger charge is 2.41. The Morgan fingerprint density at radius 1 is 1.00 bits per heavy atom. The smallest absolute Gasteiger partial charge is 0.223 e. The number of hydrogen-bond donors (Lipinski definition) is 1. The quantitative estimate of drug-likeness (QED) is 0.877. The maximum Gasteiger partial charge on any atom is 0.223 e. The summed E-state index contributed by atoms with van der Waals surface area (Å²) in [5.41, 5.74) is 2.45. The minimum absolute atomic E-state index is 0. The van der Waals surface area contributed by atoms with Crippen LogP contribution in [0.4, 0.5) is 0 Å². The van der Waals surface area contributed by atoms with E-state index in [1.54, 1.807) is 0 Å². The number of nitrogens with one attached hydrogen (secondary N) is 1. The normalized spacial score (nSPS) is 16.6. The molecule has 0 unspecified atom stereocenters. The predicted molar refractivity (Wildman–Crippen MR) is 105 cm³/mol. The molecule has 0 bridgehead atoms. The van der Waals surface area contributed by atoms with Crippen molar-refractivity contribution in [3.63, 3.8) is 0 Å². The van der Waals surface area contributed by atoms with Gasteiger partial charge in [0.2, 0.25) is 5.91 Å². The number of halogens is 1. The van der Waals surface area contributed by atoms with E-state index < -0.39 is 0 Å². The summed E-state index contributed by atoms with van der Waals surface area (Å²) >= 11 is 0. The van der Waals surface area contributed by atoms with Crippen LogP contribution >= 0.6 is 12.4 Å². The number of nitrogens with zero attached hydrogens (tertiary/aromatic N) is 1. The zero-order valence-corrected chi connectivity index (χ0v) is 15.8. The van der Waals surface area contributed by atoms with E-state index in [2.05, 4.69) is 67.7 Å². The molecule has 0 aliphatic carbocycles. The number of carbonyl (C=O) groups excluding carboxylic acids is 1. The van der Waals surface area contributed by atoms with Gasteiger partial charge in [-0.3, -0.25) is 10.1 Å². The van der Waals surface area contributed by atoms with Crippen molar-refractivity contribution in [1.29, 1.82) is 0 Å². The standard InChI is InChI=1S/C21H26N2O.ClH/c1-17(2)22-16-23-15-21(14-13-20(23)24,18-9-5-3-6-10-18)19-11-7-4-8-12-19;/h3-12,17,22H,13-16H2,1-2H3;1H. The SMILES string of the molecule is CC(C)NCN1CC(c2ccccc2)(c2ccccc2)CCC1=O.Cl. The van der Waals surface area contributed by atoms with Crippen LogP contribution in [0.2, 0.25) is 0 Å². The minimum Gasteiger partial charge on any atom is -0.329 e. The van der Waals surface area contributed by atoms with Crippen molar-refractivity contribution in [2.75, 3.05) is 13.2 Å². The molecule has 1 saturated heterocycles. The van der Waals surface area contributed by atoms with Gasteiger partial charge in [0.1, 0.15) is 0 Å². The van der Waals surface area contributed by atoms with Crippen LogP contribution < -0.4 is 5.32 Å². The van der Waals surface area contributed by atoms with Crippen molar-refractivity contribution in [1.82, 2.24) is 10.2 Å². The van der Waals surface area contributed by atoms with Crippen molar-refractivity contribution in [2.45, 2.75) is 38.1 Å². The second kappa shape index (κ2) is 8.50. The number of hydrogen-bond acceptors (Lipinski definition) is 2. The van der Waals surface area contributed by atoms with E-state index in [9.17, 15) is 4.79 Å². The van der Waals surface area contributed by atoms with Gasteiger partial charge in [0.25, 0.3) is 0 Å². The Kier molecular flexibility index (Phi) is 6.63. The summed E-state index contributed by atoms with van der Waals surface area (Å²) in [6.07, 6.45) is 1.45. The van der Waals surface area contributed by atoms with E-state index in [1.807, 2.05) is 17.0 Å². The van der Waals surface area contributed by atoms with Gasteiger partial charge < -0.3 is 4.90 Å². The Hall–Kier alpha value is -1.84. The summed E-state index contributed by atoms with van der Waals surface area (Å²) in [6.45, 7) is 5.55. The van der Waals surface area contributed by atoms with Crippen molar-refractivity contribution < 1.29 is 4.79 Å². The highest BCUT2D eigenvalue weighted by molar-refractivity contribution is 5.85. The summed E-state index contributed by atoms with van der Waals surface area (Å²) in [7, 11) is 0. The molecule has 2 aromatic carbocycles. The van der Waals surface area contributed by atoms with Crippen LogP contribution in [0.5, 0.6) is 0 Å². The minimum atomic E-state index is -0.130. The molecule has 1 aliphatic rings. The molecular formula is C21H27ClN2O. The van der Waals surface area contributed by atoms with Crippen LogP contribution in [0.25, 0.3) is 0 Å². The topological polar surface area (TPSA) is 32.3 Å². The monoisotopic (exact) mass is 358 g/mol. The van der Waals surface area contributed by atoms with E-state index in [-0.39, 0.29) is 23.7 Å². The van der Waals surface area contributed by atoms with Crippen LogP contribution in [0.3, 0.4) is 0 Å². The number of benzene rings is 2. The number of likely N-dealkylation sites (tertiary alicyclic amines) is 1. The van der Waals surface area contributed by atoms with Crippen LogP contribution in [-0.4, -0.2) is 30.1 Å². The second-order valence-electron chi connectivity index (χ2n) is 6.92.